The van der Waals surface area contributed by atoms with Crippen molar-refractivity contribution in [3.05, 3.63) is 41.4 Å². The Morgan fingerprint density at radius 1 is 1.26 bits per heavy atom. The van der Waals surface area contributed by atoms with Gasteiger partial charge in [0.2, 0.25) is 0 Å². The van der Waals surface area contributed by atoms with Crippen LogP contribution in [0.3, 0.4) is 0 Å². The Kier molecular flexibility index (Phi) is 3.62. The van der Waals surface area contributed by atoms with Crippen LogP contribution in [0.1, 0.15) is 32.8 Å². The van der Waals surface area contributed by atoms with E-state index < -0.39 is 17.7 Å². The van der Waals surface area contributed by atoms with E-state index >= 15 is 0 Å². The number of carbonyl (C=O) groups is 2. The predicted octanol–water partition coefficient (Wildman–Crippen LogP) is 2.69. The molecule has 0 amide bonds. The number of fused-ring (bicyclic) bond motifs is 1. The zero-order chi connectivity index (χ0) is 16.8. The Morgan fingerprint density at radius 3 is 2.57 bits per heavy atom. The highest BCUT2D eigenvalue weighted by Gasteiger charge is 2.40. The number of rotatable bonds is 1. The van der Waals surface area contributed by atoms with Crippen LogP contribution in [0.15, 0.2) is 30.0 Å². The van der Waals surface area contributed by atoms with Gasteiger partial charge < -0.3 is 14.4 Å². The first-order chi connectivity index (χ1) is 10.8. The molecule has 6 heteroatoms. The lowest BCUT2D eigenvalue weighted by Gasteiger charge is -2.36. The molecule has 0 aromatic heterocycles. The number of hydrogen-bond acceptors (Lipinski definition) is 5. The SMILES string of the molecule is CC1CCc2cc(F)ccc2N1C=C1C(=O)OC(C)(C)OC1=O. The summed E-state index contributed by atoms with van der Waals surface area (Å²) in [5, 5.41) is 0. The zero-order valence-corrected chi connectivity index (χ0v) is 13.3. The molecule has 2 heterocycles. The Bertz CT molecular complexity index is 689. The van der Waals surface area contributed by atoms with Crippen LogP contribution in [-0.2, 0) is 25.5 Å². The minimum absolute atomic E-state index is 0.0657. The third kappa shape index (κ3) is 2.93. The number of benzene rings is 1. The highest BCUT2D eigenvalue weighted by atomic mass is 19.1. The monoisotopic (exact) mass is 319 g/mol. The summed E-state index contributed by atoms with van der Waals surface area (Å²) in [7, 11) is 0. The lowest BCUT2D eigenvalue weighted by molar-refractivity contribution is -0.222. The van der Waals surface area contributed by atoms with Gasteiger partial charge in [0.05, 0.1) is 0 Å². The molecule has 0 spiro atoms. The molecule has 2 aliphatic heterocycles. The van der Waals surface area contributed by atoms with E-state index in [0.29, 0.717) is 0 Å². The third-order valence-electron chi connectivity index (χ3n) is 4.01. The van der Waals surface area contributed by atoms with E-state index in [1.165, 1.54) is 32.2 Å². The highest BCUT2D eigenvalue weighted by molar-refractivity contribution is 6.15. The highest BCUT2D eigenvalue weighted by Crippen LogP contribution is 2.33. The van der Waals surface area contributed by atoms with Crippen molar-refractivity contribution in [3.63, 3.8) is 0 Å². The smallest absolute Gasteiger partial charge is 0.350 e. The van der Waals surface area contributed by atoms with Gasteiger partial charge in [0.1, 0.15) is 5.82 Å². The standard InChI is InChI=1S/C17H18FNO4/c1-10-4-5-11-8-12(18)6-7-14(11)19(10)9-13-15(20)22-17(2,3)23-16(13)21/h6-10H,4-5H2,1-3H3. The number of aryl methyl sites for hydroxylation is 1. The van der Waals surface area contributed by atoms with E-state index in [1.807, 2.05) is 6.92 Å². The fraction of sp³-hybridized carbons (Fsp3) is 0.412. The molecule has 1 aromatic carbocycles. The van der Waals surface area contributed by atoms with Crippen molar-refractivity contribution in [1.82, 2.24) is 0 Å². The number of anilines is 1. The quantitative estimate of drug-likeness (QED) is 0.452. The third-order valence-corrected chi connectivity index (χ3v) is 4.01. The van der Waals surface area contributed by atoms with E-state index in [1.54, 1.807) is 11.0 Å². The van der Waals surface area contributed by atoms with Gasteiger partial charge in [-0.1, -0.05) is 0 Å². The molecular weight excluding hydrogens is 301 g/mol. The molecule has 5 nitrogen and oxygen atoms in total. The second-order valence-corrected chi connectivity index (χ2v) is 6.29. The van der Waals surface area contributed by atoms with E-state index in [4.69, 9.17) is 9.47 Å². The molecule has 1 fully saturated rings. The maximum absolute atomic E-state index is 13.4. The number of carbonyl (C=O) groups excluding carboxylic acids is 2. The van der Waals surface area contributed by atoms with Gasteiger partial charge in [-0.15, -0.1) is 0 Å². The summed E-state index contributed by atoms with van der Waals surface area (Å²) in [5.74, 6) is -3.00. The zero-order valence-electron chi connectivity index (χ0n) is 13.3. The van der Waals surface area contributed by atoms with Crippen molar-refractivity contribution >= 4 is 17.6 Å². The summed E-state index contributed by atoms with van der Waals surface area (Å²) >= 11 is 0. The molecule has 3 rings (SSSR count). The van der Waals surface area contributed by atoms with E-state index in [9.17, 15) is 14.0 Å². The van der Waals surface area contributed by atoms with Crippen molar-refractivity contribution in [1.29, 1.82) is 0 Å². The summed E-state index contributed by atoms with van der Waals surface area (Å²) in [6.07, 6.45) is 2.98. The number of esters is 2. The molecule has 0 radical (unpaired) electrons. The molecule has 2 aliphatic rings. The van der Waals surface area contributed by atoms with E-state index in [0.717, 1.165) is 24.1 Å². The van der Waals surface area contributed by atoms with Gasteiger partial charge in [0, 0.05) is 31.8 Å². The van der Waals surface area contributed by atoms with E-state index in [-0.39, 0.29) is 17.4 Å². The Hall–Kier alpha value is -2.37. The molecule has 1 aromatic rings. The molecule has 0 saturated carbocycles. The first-order valence-electron chi connectivity index (χ1n) is 7.52. The molecule has 0 N–H and O–H groups in total. The predicted molar refractivity (Wildman–Crippen MR) is 81.0 cm³/mol. The molecule has 0 aliphatic carbocycles. The normalized spacial score (nSPS) is 23.0. The maximum atomic E-state index is 13.4. The van der Waals surface area contributed by atoms with Gasteiger partial charge in [-0.25, -0.2) is 14.0 Å². The average molecular weight is 319 g/mol. The molecular formula is C17H18FNO4. The average Bonchev–Trinajstić information content (AvgIpc) is 2.43. The van der Waals surface area contributed by atoms with Crippen LogP contribution < -0.4 is 4.90 Å². The van der Waals surface area contributed by atoms with Crippen molar-refractivity contribution in [2.75, 3.05) is 4.90 Å². The Balaban J connectivity index is 1.99. The number of halogens is 1. The van der Waals surface area contributed by atoms with Gasteiger partial charge in [-0.05, 0) is 43.5 Å². The number of cyclic esters (lactones) is 2. The van der Waals surface area contributed by atoms with Crippen LogP contribution in [-0.4, -0.2) is 23.8 Å². The largest absolute Gasteiger partial charge is 0.419 e. The van der Waals surface area contributed by atoms with Crippen LogP contribution >= 0.6 is 0 Å². The first-order valence-corrected chi connectivity index (χ1v) is 7.52. The lowest BCUT2D eigenvalue weighted by atomic mass is 9.96. The van der Waals surface area contributed by atoms with Crippen LogP contribution in [0.25, 0.3) is 0 Å². The number of hydrogen-bond donors (Lipinski definition) is 0. The van der Waals surface area contributed by atoms with Gasteiger partial charge in [0.25, 0.3) is 5.79 Å². The fourth-order valence-corrected chi connectivity index (χ4v) is 2.85. The van der Waals surface area contributed by atoms with Crippen LogP contribution in [0.4, 0.5) is 10.1 Å². The number of nitrogens with zero attached hydrogens (tertiary/aromatic N) is 1. The molecule has 1 atom stereocenters. The van der Waals surface area contributed by atoms with Crippen LogP contribution in [0, 0.1) is 5.82 Å². The first kappa shape index (κ1) is 15.5. The second kappa shape index (κ2) is 5.37. The molecule has 0 bridgehead atoms. The van der Waals surface area contributed by atoms with Gasteiger partial charge in [-0.2, -0.15) is 0 Å². The Morgan fingerprint density at radius 2 is 1.91 bits per heavy atom. The van der Waals surface area contributed by atoms with Crippen molar-refractivity contribution < 1.29 is 23.5 Å². The van der Waals surface area contributed by atoms with Crippen molar-refractivity contribution in [3.8, 4) is 0 Å². The van der Waals surface area contributed by atoms with Crippen molar-refractivity contribution in [2.45, 2.75) is 45.4 Å². The lowest BCUT2D eigenvalue weighted by Crippen LogP contribution is -2.43. The van der Waals surface area contributed by atoms with Gasteiger partial charge >= 0.3 is 11.9 Å². The van der Waals surface area contributed by atoms with Gasteiger partial charge in [0.15, 0.2) is 5.57 Å². The molecule has 122 valence electrons. The van der Waals surface area contributed by atoms with Crippen molar-refractivity contribution in [2.24, 2.45) is 0 Å². The second-order valence-electron chi connectivity index (χ2n) is 6.29. The Labute approximate surface area is 133 Å². The molecule has 23 heavy (non-hydrogen) atoms. The van der Waals surface area contributed by atoms with Crippen LogP contribution in [0.2, 0.25) is 0 Å². The number of ether oxygens (including phenoxy) is 2. The summed E-state index contributed by atoms with van der Waals surface area (Å²) in [6.45, 7) is 4.98. The molecule has 1 unspecified atom stereocenters. The minimum atomic E-state index is -1.26. The van der Waals surface area contributed by atoms with E-state index in [2.05, 4.69) is 0 Å². The maximum Gasteiger partial charge on any atom is 0.350 e. The fourth-order valence-electron chi connectivity index (χ4n) is 2.85. The molecule has 1 saturated heterocycles. The summed E-state index contributed by atoms with van der Waals surface area (Å²) in [5.41, 5.74) is 1.47. The van der Waals surface area contributed by atoms with Crippen LogP contribution in [0.5, 0.6) is 0 Å². The summed E-state index contributed by atoms with van der Waals surface area (Å²) in [4.78, 5) is 26.0. The topological polar surface area (TPSA) is 55.8 Å². The summed E-state index contributed by atoms with van der Waals surface area (Å²) in [6, 6.07) is 4.56. The van der Waals surface area contributed by atoms with Gasteiger partial charge in [-0.3, -0.25) is 0 Å². The minimum Gasteiger partial charge on any atom is -0.419 e. The summed E-state index contributed by atoms with van der Waals surface area (Å²) < 4.78 is 23.6.